The molecule has 0 aliphatic carbocycles. The maximum absolute atomic E-state index is 12.8. The average Bonchev–Trinajstić information content (AvgIpc) is 2.74. The number of nitrogens with zero attached hydrogens (tertiary/aromatic N) is 1. The van der Waals surface area contributed by atoms with Gasteiger partial charge in [0.05, 0.1) is 23.3 Å². The molecule has 3 rings (SSSR count). The number of sulfonamides is 1. The van der Waals surface area contributed by atoms with E-state index >= 15 is 0 Å². The van der Waals surface area contributed by atoms with Gasteiger partial charge in [-0.05, 0) is 42.5 Å². The lowest BCUT2D eigenvalue weighted by atomic mass is 10.1. The topological polar surface area (TPSA) is 128 Å². The van der Waals surface area contributed by atoms with Crippen LogP contribution >= 0.6 is 0 Å². The molecule has 0 aromatic heterocycles. The minimum Gasteiger partial charge on any atom is -0.497 e. The molecule has 3 aromatic carbocycles. The number of para-hydroxylation sites is 2. The largest absolute Gasteiger partial charge is 0.497 e. The maximum Gasteiger partial charge on any atom is 0.289 e. The summed E-state index contributed by atoms with van der Waals surface area (Å²) in [5.41, 5.74) is -0.0422. The van der Waals surface area contributed by atoms with E-state index in [0.29, 0.717) is 11.4 Å². The van der Waals surface area contributed by atoms with Crippen LogP contribution in [0.2, 0.25) is 0 Å². The number of nitro groups is 1. The number of nitro benzene ring substituents is 1. The summed E-state index contributed by atoms with van der Waals surface area (Å²) in [6, 6.07) is 17.5. The highest BCUT2D eigenvalue weighted by Gasteiger charge is 2.26. The molecule has 154 valence electrons. The lowest BCUT2D eigenvalue weighted by Crippen LogP contribution is -2.19. The first-order chi connectivity index (χ1) is 14.3. The third kappa shape index (κ3) is 4.55. The molecule has 0 unspecified atom stereocenters. The Labute approximate surface area is 172 Å². The second-order valence-electron chi connectivity index (χ2n) is 6.06. The summed E-state index contributed by atoms with van der Waals surface area (Å²) in [4.78, 5) is 22.6. The lowest BCUT2D eigenvalue weighted by Gasteiger charge is -2.13. The third-order valence-electron chi connectivity index (χ3n) is 4.12. The van der Waals surface area contributed by atoms with E-state index in [4.69, 9.17) is 4.74 Å². The van der Waals surface area contributed by atoms with E-state index in [-0.39, 0.29) is 11.3 Å². The minimum atomic E-state index is -4.32. The van der Waals surface area contributed by atoms with Gasteiger partial charge in [-0.25, -0.2) is 8.42 Å². The summed E-state index contributed by atoms with van der Waals surface area (Å²) in [6.45, 7) is 0. The number of rotatable bonds is 7. The van der Waals surface area contributed by atoms with Gasteiger partial charge in [0.2, 0.25) is 0 Å². The predicted molar refractivity (Wildman–Crippen MR) is 111 cm³/mol. The summed E-state index contributed by atoms with van der Waals surface area (Å²) in [6.07, 6.45) is 0. The summed E-state index contributed by atoms with van der Waals surface area (Å²) in [5, 5.41) is 13.9. The number of hydrogen-bond acceptors (Lipinski definition) is 6. The van der Waals surface area contributed by atoms with Crippen molar-refractivity contribution < 1.29 is 22.9 Å². The van der Waals surface area contributed by atoms with E-state index in [0.717, 1.165) is 12.1 Å². The number of nitrogens with one attached hydrogen (secondary N) is 2. The fraction of sp³-hybridized carbons (Fsp3) is 0.0500. The summed E-state index contributed by atoms with van der Waals surface area (Å²) in [5.74, 6) is 0.0617. The number of anilines is 2. The number of methoxy groups -OCH3 is 1. The Morgan fingerprint density at radius 3 is 2.27 bits per heavy atom. The zero-order valence-corrected chi connectivity index (χ0v) is 16.5. The Kier molecular flexibility index (Phi) is 5.98. The summed E-state index contributed by atoms with van der Waals surface area (Å²) in [7, 11) is -2.79. The number of ether oxygens (including phenoxy) is 1. The molecule has 0 aliphatic rings. The molecule has 0 saturated carbocycles. The predicted octanol–water partition coefficient (Wildman–Crippen LogP) is 3.66. The molecule has 0 radical (unpaired) electrons. The van der Waals surface area contributed by atoms with Gasteiger partial charge >= 0.3 is 0 Å². The maximum atomic E-state index is 12.8. The van der Waals surface area contributed by atoms with Crippen LogP contribution < -0.4 is 14.8 Å². The molecule has 30 heavy (non-hydrogen) atoms. The standard InChI is InChI=1S/C20H17N3O6S/c1-29-15-12-10-14(11-13-15)21-20(24)16-6-2-3-7-17(16)22-30(27,28)19-9-5-4-8-18(19)23(25)26/h2-13,22H,1H3,(H,21,24). The van der Waals surface area contributed by atoms with Crippen molar-refractivity contribution in [1.29, 1.82) is 0 Å². The van der Waals surface area contributed by atoms with Crippen LogP contribution in [0.3, 0.4) is 0 Å². The van der Waals surface area contributed by atoms with E-state index in [2.05, 4.69) is 10.0 Å². The highest BCUT2D eigenvalue weighted by molar-refractivity contribution is 7.92. The van der Waals surface area contributed by atoms with Crippen LogP contribution in [0.5, 0.6) is 5.75 Å². The number of amides is 1. The van der Waals surface area contributed by atoms with Gasteiger partial charge in [-0.3, -0.25) is 19.6 Å². The van der Waals surface area contributed by atoms with Crippen LogP contribution in [-0.4, -0.2) is 26.4 Å². The van der Waals surface area contributed by atoms with Crippen molar-refractivity contribution in [3.05, 3.63) is 88.5 Å². The molecule has 0 aliphatic heterocycles. The van der Waals surface area contributed by atoms with E-state index < -0.39 is 31.4 Å². The summed E-state index contributed by atoms with van der Waals surface area (Å²) >= 11 is 0. The van der Waals surface area contributed by atoms with Crippen LogP contribution in [0.25, 0.3) is 0 Å². The highest BCUT2D eigenvalue weighted by Crippen LogP contribution is 2.27. The van der Waals surface area contributed by atoms with Crippen molar-refractivity contribution in [2.75, 3.05) is 17.1 Å². The molecule has 2 N–H and O–H groups in total. The number of carbonyl (C=O) groups is 1. The van der Waals surface area contributed by atoms with Crippen molar-refractivity contribution in [2.24, 2.45) is 0 Å². The van der Waals surface area contributed by atoms with Crippen LogP contribution in [0, 0.1) is 10.1 Å². The molecule has 9 nitrogen and oxygen atoms in total. The Morgan fingerprint density at radius 2 is 1.60 bits per heavy atom. The van der Waals surface area contributed by atoms with Gasteiger partial charge in [0.25, 0.3) is 21.6 Å². The van der Waals surface area contributed by atoms with Crippen molar-refractivity contribution in [1.82, 2.24) is 0 Å². The fourth-order valence-corrected chi connectivity index (χ4v) is 3.93. The van der Waals surface area contributed by atoms with Gasteiger partial charge in [0.1, 0.15) is 5.75 Å². The van der Waals surface area contributed by atoms with Crippen molar-refractivity contribution in [3.63, 3.8) is 0 Å². The first-order valence-corrected chi connectivity index (χ1v) is 10.1. The average molecular weight is 427 g/mol. The molecular formula is C20H17N3O6S. The number of hydrogen-bond donors (Lipinski definition) is 2. The van der Waals surface area contributed by atoms with E-state index in [9.17, 15) is 23.3 Å². The van der Waals surface area contributed by atoms with Crippen molar-refractivity contribution in [3.8, 4) is 5.75 Å². The molecule has 0 bridgehead atoms. The Hall–Kier alpha value is -3.92. The third-order valence-corrected chi connectivity index (χ3v) is 5.53. The first-order valence-electron chi connectivity index (χ1n) is 8.62. The van der Waals surface area contributed by atoms with Crippen LogP contribution in [0.1, 0.15) is 10.4 Å². The van der Waals surface area contributed by atoms with Gasteiger partial charge < -0.3 is 10.1 Å². The smallest absolute Gasteiger partial charge is 0.289 e. The van der Waals surface area contributed by atoms with E-state index in [1.165, 1.54) is 31.4 Å². The molecule has 1 amide bonds. The van der Waals surface area contributed by atoms with E-state index in [1.54, 1.807) is 36.4 Å². The summed E-state index contributed by atoms with van der Waals surface area (Å²) < 4.78 is 32.9. The number of carbonyl (C=O) groups excluding carboxylic acids is 1. The van der Waals surface area contributed by atoms with Crippen molar-refractivity contribution >= 4 is 33.0 Å². The molecule has 0 saturated heterocycles. The van der Waals surface area contributed by atoms with Gasteiger partial charge in [-0.1, -0.05) is 24.3 Å². The second-order valence-corrected chi connectivity index (χ2v) is 7.71. The zero-order valence-electron chi connectivity index (χ0n) is 15.7. The number of benzene rings is 3. The highest BCUT2D eigenvalue weighted by atomic mass is 32.2. The molecule has 10 heteroatoms. The zero-order chi connectivity index (χ0) is 21.7. The van der Waals surface area contributed by atoms with Crippen LogP contribution in [-0.2, 0) is 10.0 Å². The SMILES string of the molecule is COc1ccc(NC(=O)c2ccccc2NS(=O)(=O)c2ccccc2[N+](=O)[O-])cc1. The minimum absolute atomic E-state index is 0.0123. The quantitative estimate of drug-likeness (QED) is 0.437. The molecule has 0 fully saturated rings. The molecule has 0 heterocycles. The molecule has 3 aromatic rings. The van der Waals surface area contributed by atoms with Gasteiger partial charge in [-0.15, -0.1) is 0 Å². The van der Waals surface area contributed by atoms with Gasteiger partial charge in [0.15, 0.2) is 4.90 Å². The van der Waals surface area contributed by atoms with E-state index in [1.807, 2.05) is 0 Å². The van der Waals surface area contributed by atoms with Crippen LogP contribution in [0.4, 0.5) is 17.1 Å². The first kappa shape index (κ1) is 20.8. The normalized spacial score (nSPS) is 10.8. The lowest BCUT2D eigenvalue weighted by molar-refractivity contribution is -0.387. The van der Waals surface area contributed by atoms with Crippen molar-refractivity contribution in [2.45, 2.75) is 4.90 Å². The van der Waals surface area contributed by atoms with Gasteiger partial charge in [-0.2, -0.15) is 0 Å². The Bertz CT molecular complexity index is 1190. The Balaban J connectivity index is 1.89. The van der Waals surface area contributed by atoms with Gasteiger partial charge in [0, 0.05) is 11.8 Å². The monoisotopic (exact) mass is 427 g/mol. The van der Waals surface area contributed by atoms with Crippen LogP contribution in [0.15, 0.2) is 77.7 Å². The molecular weight excluding hydrogens is 410 g/mol. The molecule has 0 atom stereocenters. The Morgan fingerprint density at radius 1 is 0.967 bits per heavy atom. The molecule has 0 spiro atoms. The fourth-order valence-electron chi connectivity index (χ4n) is 2.68. The second kappa shape index (κ2) is 8.62.